The van der Waals surface area contributed by atoms with Crippen molar-refractivity contribution in [2.24, 2.45) is 0 Å². The highest BCUT2D eigenvalue weighted by molar-refractivity contribution is 5.33. The number of aromatic nitrogens is 3. The third-order valence-corrected chi connectivity index (χ3v) is 2.43. The minimum absolute atomic E-state index is 0.0775. The van der Waals surface area contributed by atoms with Crippen molar-refractivity contribution in [2.75, 3.05) is 5.32 Å². The predicted octanol–water partition coefficient (Wildman–Crippen LogP) is 2.25. The Balaban J connectivity index is 2.18. The molecule has 0 amide bonds. The fourth-order valence-corrected chi connectivity index (χ4v) is 1.75. The third-order valence-electron chi connectivity index (χ3n) is 2.43. The quantitative estimate of drug-likeness (QED) is 0.856. The van der Waals surface area contributed by atoms with Gasteiger partial charge in [-0.25, -0.2) is 9.97 Å². The fraction of sp³-hybridized carbons (Fsp3) is 0.364. The molecule has 2 heterocycles. The SMILES string of the molecule is Cc1noc(C)c1C(C)Nc1ncccn1. The van der Waals surface area contributed by atoms with Crippen LogP contribution in [0.15, 0.2) is 23.0 Å². The van der Waals surface area contributed by atoms with E-state index in [0.717, 1.165) is 17.0 Å². The Morgan fingerprint density at radius 1 is 1.25 bits per heavy atom. The summed E-state index contributed by atoms with van der Waals surface area (Å²) in [4.78, 5) is 8.23. The Morgan fingerprint density at radius 3 is 2.50 bits per heavy atom. The van der Waals surface area contributed by atoms with Crippen LogP contribution in [0.25, 0.3) is 0 Å². The van der Waals surface area contributed by atoms with E-state index in [0.29, 0.717) is 5.95 Å². The maximum atomic E-state index is 5.12. The van der Waals surface area contributed by atoms with Crippen LogP contribution >= 0.6 is 0 Å². The summed E-state index contributed by atoms with van der Waals surface area (Å²) in [5.74, 6) is 1.43. The molecule has 1 N–H and O–H groups in total. The van der Waals surface area contributed by atoms with Gasteiger partial charge in [0.1, 0.15) is 5.76 Å². The minimum atomic E-state index is 0.0775. The highest BCUT2D eigenvalue weighted by Gasteiger charge is 2.16. The Kier molecular flexibility index (Phi) is 2.85. The van der Waals surface area contributed by atoms with E-state index < -0.39 is 0 Å². The molecule has 0 radical (unpaired) electrons. The van der Waals surface area contributed by atoms with Crippen molar-refractivity contribution < 1.29 is 4.52 Å². The molecule has 2 aromatic rings. The van der Waals surface area contributed by atoms with Crippen LogP contribution in [0.1, 0.15) is 30.0 Å². The molecule has 0 saturated heterocycles. The fourth-order valence-electron chi connectivity index (χ4n) is 1.75. The van der Waals surface area contributed by atoms with E-state index in [1.807, 2.05) is 20.8 Å². The van der Waals surface area contributed by atoms with Crippen LogP contribution in [0.2, 0.25) is 0 Å². The zero-order valence-electron chi connectivity index (χ0n) is 9.56. The summed E-state index contributed by atoms with van der Waals surface area (Å²) in [6.07, 6.45) is 3.41. The van der Waals surface area contributed by atoms with Gasteiger partial charge in [-0.15, -0.1) is 0 Å². The zero-order valence-corrected chi connectivity index (χ0v) is 9.56. The third kappa shape index (κ3) is 2.03. The lowest BCUT2D eigenvalue weighted by Gasteiger charge is -2.12. The van der Waals surface area contributed by atoms with Crippen LogP contribution in [-0.2, 0) is 0 Å². The van der Waals surface area contributed by atoms with Gasteiger partial charge in [0, 0.05) is 18.0 Å². The molecule has 0 aliphatic heterocycles. The van der Waals surface area contributed by atoms with Crippen molar-refractivity contribution in [2.45, 2.75) is 26.8 Å². The second kappa shape index (κ2) is 4.30. The molecule has 0 aliphatic rings. The Bertz CT molecular complexity index is 447. The van der Waals surface area contributed by atoms with Crippen molar-refractivity contribution >= 4 is 5.95 Å². The molecule has 16 heavy (non-hydrogen) atoms. The van der Waals surface area contributed by atoms with Crippen LogP contribution in [0.4, 0.5) is 5.95 Å². The molecule has 5 nitrogen and oxygen atoms in total. The maximum absolute atomic E-state index is 5.12. The van der Waals surface area contributed by atoms with Crippen LogP contribution in [0.5, 0.6) is 0 Å². The molecule has 84 valence electrons. The van der Waals surface area contributed by atoms with Gasteiger partial charge in [-0.1, -0.05) is 5.16 Å². The van der Waals surface area contributed by atoms with Crippen molar-refractivity contribution in [3.8, 4) is 0 Å². The largest absolute Gasteiger partial charge is 0.361 e. The summed E-state index contributed by atoms with van der Waals surface area (Å²) >= 11 is 0. The highest BCUT2D eigenvalue weighted by atomic mass is 16.5. The van der Waals surface area contributed by atoms with Gasteiger partial charge in [-0.05, 0) is 26.8 Å². The first-order valence-electron chi connectivity index (χ1n) is 5.15. The molecule has 0 spiro atoms. The van der Waals surface area contributed by atoms with Gasteiger partial charge in [-0.3, -0.25) is 0 Å². The molecule has 5 heteroatoms. The van der Waals surface area contributed by atoms with Crippen LogP contribution in [0, 0.1) is 13.8 Å². The minimum Gasteiger partial charge on any atom is -0.361 e. The van der Waals surface area contributed by atoms with E-state index in [4.69, 9.17) is 4.52 Å². The van der Waals surface area contributed by atoms with Gasteiger partial charge in [0.2, 0.25) is 5.95 Å². The number of aryl methyl sites for hydroxylation is 2. The smallest absolute Gasteiger partial charge is 0.223 e. The molecule has 1 unspecified atom stereocenters. The molecule has 0 aliphatic carbocycles. The van der Waals surface area contributed by atoms with E-state index in [1.54, 1.807) is 18.5 Å². The number of hydrogen-bond donors (Lipinski definition) is 1. The molecular formula is C11H14N4O. The summed E-state index contributed by atoms with van der Waals surface area (Å²) in [7, 11) is 0. The average Bonchev–Trinajstić information content (AvgIpc) is 2.60. The first kappa shape index (κ1) is 10.6. The van der Waals surface area contributed by atoms with Gasteiger partial charge < -0.3 is 9.84 Å². The van der Waals surface area contributed by atoms with Crippen molar-refractivity contribution in [1.29, 1.82) is 0 Å². The van der Waals surface area contributed by atoms with Gasteiger partial charge in [0.25, 0.3) is 0 Å². The van der Waals surface area contributed by atoms with Crippen molar-refractivity contribution in [1.82, 2.24) is 15.1 Å². The molecule has 1 atom stereocenters. The molecule has 0 aromatic carbocycles. The predicted molar refractivity (Wildman–Crippen MR) is 60.0 cm³/mol. The van der Waals surface area contributed by atoms with E-state index in [9.17, 15) is 0 Å². The molecular weight excluding hydrogens is 204 g/mol. The second-order valence-corrected chi connectivity index (χ2v) is 3.68. The molecule has 0 bridgehead atoms. The lowest BCUT2D eigenvalue weighted by Crippen LogP contribution is -2.10. The Hall–Kier alpha value is -1.91. The van der Waals surface area contributed by atoms with E-state index in [-0.39, 0.29) is 6.04 Å². The second-order valence-electron chi connectivity index (χ2n) is 3.68. The van der Waals surface area contributed by atoms with Crippen LogP contribution < -0.4 is 5.32 Å². The maximum Gasteiger partial charge on any atom is 0.223 e. The number of rotatable bonds is 3. The summed E-state index contributed by atoms with van der Waals surface area (Å²) in [6.45, 7) is 5.86. The van der Waals surface area contributed by atoms with E-state index >= 15 is 0 Å². The van der Waals surface area contributed by atoms with Gasteiger partial charge in [0.15, 0.2) is 0 Å². The molecule has 0 saturated carbocycles. The zero-order chi connectivity index (χ0) is 11.5. The monoisotopic (exact) mass is 218 g/mol. The average molecular weight is 218 g/mol. The normalized spacial score (nSPS) is 12.4. The van der Waals surface area contributed by atoms with Crippen LogP contribution in [-0.4, -0.2) is 15.1 Å². The topological polar surface area (TPSA) is 63.8 Å². The first-order valence-corrected chi connectivity index (χ1v) is 5.15. The highest BCUT2D eigenvalue weighted by Crippen LogP contribution is 2.23. The summed E-state index contributed by atoms with van der Waals surface area (Å²) in [5.41, 5.74) is 1.96. The van der Waals surface area contributed by atoms with E-state index in [2.05, 4.69) is 20.4 Å². The van der Waals surface area contributed by atoms with Crippen molar-refractivity contribution in [3.05, 3.63) is 35.5 Å². The standard InChI is InChI=1S/C11H14N4O/c1-7(10-8(2)15-16-9(10)3)14-11-12-5-4-6-13-11/h4-7H,1-3H3,(H,12,13,14). The number of hydrogen-bond acceptors (Lipinski definition) is 5. The summed E-state index contributed by atoms with van der Waals surface area (Å²) in [5, 5.41) is 7.13. The number of nitrogens with one attached hydrogen (secondary N) is 1. The van der Waals surface area contributed by atoms with Gasteiger partial charge in [0.05, 0.1) is 11.7 Å². The van der Waals surface area contributed by atoms with Gasteiger partial charge in [-0.2, -0.15) is 0 Å². The summed E-state index contributed by atoms with van der Waals surface area (Å²) in [6, 6.07) is 1.86. The Morgan fingerprint density at radius 2 is 1.94 bits per heavy atom. The van der Waals surface area contributed by atoms with E-state index in [1.165, 1.54) is 0 Å². The first-order chi connectivity index (χ1) is 7.68. The van der Waals surface area contributed by atoms with Crippen molar-refractivity contribution in [3.63, 3.8) is 0 Å². The number of anilines is 1. The lowest BCUT2D eigenvalue weighted by molar-refractivity contribution is 0.392. The van der Waals surface area contributed by atoms with Gasteiger partial charge >= 0.3 is 0 Å². The molecule has 0 fully saturated rings. The molecule has 2 rings (SSSR count). The summed E-state index contributed by atoms with van der Waals surface area (Å²) < 4.78 is 5.12. The van der Waals surface area contributed by atoms with Crippen LogP contribution in [0.3, 0.4) is 0 Å². The molecule has 2 aromatic heterocycles. The number of nitrogens with zero attached hydrogens (tertiary/aromatic N) is 3. The Labute approximate surface area is 93.9 Å². The lowest BCUT2D eigenvalue weighted by atomic mass is 10.1.